The summed E-state index contributed by atoms with van der Waals surface area (Å²) in [6.45, 7) is 2.09. The van der Waals surface area contributed by atoms with E-state index in [0.29, 0.717) is 33.8 Å². The number of amides is 1. The Morgan fingerprint density at radius 3 is 2.56 bits per heavy atom. The van der Waals surface area contributed by atoms with Gasteiger partial charge in [0.15, 0.2) is 5.69 Å². The summed E-state index contributed by atoms with van der Waals surface area (Å²) in [7, 11) is 3.10. The van der Waals surface area contributed by atoms with Gasteiger partial charge in [-0.3, -0.25) is 19.6 Å². The van der Waals surface area contributed by atoms with E-state index in [1.165, 1.54) is 12.1 Å². The summed E-state index contributed by atoms with van der Waals surface area (Å²) in [4.78, 5) is 22.9. The Bertz CT molecular complexity index is 1170. The van der Waals surface area contributed by atoms with Gasteiger partial charge in [0.05, 0.1) is 35.9 Å². The zero-order valence-corrected chi connectivity index (χ0v) is 19.1. The van der Waals surface area contributed by atoms with Crippen molar-refractivity contribution < 1.29 is 19.2 Å². The van der Waals surface area contributed by atoms with Crippen LogP contribution in [0.25, 0.3) is 0 Å². The number of hydrogen-bond acceptors (Lipinski definition) is 7. The van der Waals surface area contributed by atoms with Crippen molar-refractivity contribution in [2.45, 2.75) is 13.5 Å². The van der Waals surface area contributed by atoms with Crippen LogP contribution < -0.4 is 14.9 Å². The number of hydrogen-bond donors (Lipinski definition) is 1. The smallest absolute Gasteiger partial charge is 0.293 e. The molecule has 0 bridgehead atoms. The molecule has 0 saturated heterocycles. The molecule has 0 saturated carbocycles. The summed E-state index contributed by atoms with van der Waals surface area (Å²) in [5, 5.41) is 19.2. The Kier molecular flexibility index (Phi) is 7.21. The lowest BCUT2D eigenvalue weighted by Crippen LogP contribution is -2.21. The Labute approximate surface area is 192 Å². The minimum atomic E-state index is -0.494. The highest BCUT2D eigenvalue weighted by atomic mass is 79.9. The first-order chi connectivity index (χ1) is 15.3. The molecule has 10 nitrogen and oxygen atoms in total. The van der Waals surface area contributed by atoms with Crippen LogP contribution in [0.2, 0.25) is 0 Å². The summed E-state index contributed by atoms with van der Waals surface area (Å²) in [5.74, 6) is 0.712. The largest absolute Gasteiger partial charge is 0.497 e. The van der Waals surface area contributed by atoms with Gasteiger partial charge in [-0.25, -0.2) is 5.43 Å². The first kappa shape index (κ1) is 22.9. The maximum atomic E-state index is 12.6. The number of nitrogens with zero attached hydrogens (tertiary/aromatic N) is 4. The van der Waals surface area contributed by atoms with E-state index < -0.39 is 10.8 Å². The highest BCUT2D eigenvalue weighted by Crippen LogP contribution is 2.25. The van der Waals surface area contributed by atoms with Gasteiger partial charge < -0.3 is 9.47 Å². The lowest BCUT2D eigenvalue weighted by atomic mass is 10.1. The van der Waals surface area contributed by atoms with Gasteiger partial charge in [-0.05, 0) is 40.5 Å². The molecule has 0 aliphatic heterocycles. The van der Waals surface area contributed by atoms with Gasteiger partial charge >= 0.3 is 0 Å². The second-order valence-electron chi connectivity index (χ2n) is 6.65. The fourth-order valence-electron chi connectivity index (χ4n) is 2.89. The van der Waals surface area contributed by atoms with Crippen molar-refractivity contribution in [3.63, 3.8) is 0 Å². The number of nitro groups is 1. The molecule has 2 aromatic carbocycles. The summed E-state index contributed by atoms with van der Waals surface area (Å²) < 4.78 is 12.6. The van der Waals surface area contributed by atoms with Gasteiger partial charge in [-0.1, -0.05) is 12.1 Å². The molecule has 0 aliphatic carbocycles. The van der Waals surface area contributed by atoms with Gasteiger partial charge in [0.1, 0.15) is 11.5 Å². The number of nitrogens with one attached hydrogen (secondary N) is 1. The number of rotatable bonds is 8. The minimum Gasteiger partial charge on any atom is -0.497 e. The average Bonchev–Trinajstić information content (AvgIpc) is 3.16. The standard InChI is InChI=1S/C21H20BrN5O5/c1-13(17-9-8-16(31-2)10-19(17)32-3)23-24-21(28)20-18(22)12-26(25-20)11-14-4-6-15(7-5-14)27(29)30/h4-10,12H,11H2,1-3H3,(H,24,28)/b23-13+. The lowest BCUT2D eigenvalue weighted by molar-refractivity contribution is -0.384. The van der Waals surface area contributed by atoms with Crippen LogP contribution in [0.5, 0.6) is 11.5 Å². The van der Waals surface area contributed by atoms with Gasteiger partial charge in [0, 0.05) is 30.0 Å². The minimum absolute atomic E-state index is 0.0113. The Morgan fingerprint density at radius 2 is 1.94 bits per heavy atom. The number of halogens is 1. The third kappa shape index (κ3) is 5.30. The number of carbonyl (C=O) groups excluding carboxylic acids is 1. The third-order valence-corrected chi connectivity index (χ3v) is 5.13. The molecule has 11 heteroatoms. The molecule has 1 amide bonds. The van der Waals surface area contributed by atoms with Crippen LogP contribution in [0.1, 0.15) is 28.5 Å². The van der Waals surface area contributed by atoms with Crippen molar-refractivity contribution in [3.8, 4) is 11.5 Å². The van der Waals surface area contributed by atoms with Gasteiger partial charge in [-0.2, -0.15) is 10.2 Å². The zero-order chi connectivity index (χ0) is 23.3. The van der Waals surface area contributed by atoms with Crippen LogP contribution in [0.3, 0.4) is 0 Å². The van der Waals surface area contributed by atoms with Crippen LogP contribution >= 0.6 is 15.9 Å². The molecule has 32 heavy (non-hydrogen) atoms. The summed E-state index contributed by atoms with van der Waals surface area (Å²) in [6.07, 6.45) is 1.65. The van der Waals surface area contributed by atoms with E-state index in [0.717, 1.165) is 5.56 Å². The topological polar surface area (TPSA) is 121 Å². The van der Waals surface area contributed by atoms with Crippen LogP contribution in [-0.2, 0) is 6.54 Å². The van der Waals surface area contributed by atoms with Crippen LogP contribution in [0, 0.1) is 10.1 Å². The second-order valence-corrected chi connectivity index (χ2v) is 7.51. The molecule has 0 spiro atoms. The number of carbonyl (C=O) groups is 1. The molecule has 0 atom stereocenters. The number of nitro benzene ring substituents is 1. The number of benzene rings is 2. The van der Waals surface area contributed by atoms with Crippen molar-refractivity contribution in [3.05, 3.63) is 80.1 Å². The number of methoxy groups -OCH3 is 2. The average molecular weight is 502 g/mol. The monoisotopic (exact) mass is 501 g/mol. The van der Waals surface area contributed by atoms with Crippen molar-refractivity contribution in [1.29, 1.82) is 0 Å². The van der Waals surface area contributed by atoms with E-state index in [2.05, 4.69) is 31.6 Å². The van der Waals surface area contributed by atoms with Crippen LogP contribution in [0.4, 0.5) is 5.69 Å². The predicted octanol–water partition coefficient (Wildman–Crippen LogP) is 3.77. The maximum absolute atomic E-state index is 12.6. The molecule has 1 heterocycles. The molecular formula is C21H20BrN5O5. The number of hydrazone groups is 1. The van der Waals surface area contributed by atoms with Crippen molar-refractivity contribution in [2.24, 2.45) is 5.10 Å². The number of aromatic nitrogens is 2. The lowest BCUT2D eigenvalue weighted by Gasteiger charge is -2.10. The van der Waals surface area contributed by atoms with E-state index in [-0.39, 0.29) is 11.4 Å². The summed E-state index contributed by atoms with van der Waals surface area (Å²) >= 11 is 3.34. The Hall–Kier alpha value is -3.73. The fourth-order valence-corrected chi connectivity index (χ4v) is 3.38. The maximum Gasteiger partial charge on any atom is 0.293 e. The molecule has 1 N–H and O–H groups in total. The molecule has 3 aromatic rings. The predicted molar refractivity (Wildman–Crippen MR) is 121 cm³/mol. The van der Waals surface area contributed by atoms with Crippen molar-refractivity contribution >= 4 is 33.2 Å². The second kappa shape index (κ2) is 10.1. The Balaban J connectivity index is 1.72. The first-order valence-corrected chi connectivity index (χ1v) is 10.1. The molecule has 3 rings (SSSR count). The molecular weight excluding hydrogens is 482 g/mol. The quantitative estimate of drug-likeness (QED) is 0.284. The zero-order valence-electron chi connectivity index (χ0n) is 17.5. The van der Waals surface area contributed by atoms with E-state index in [4.69, 9.17) is 9.47 Å². The fraction of sp³-hybridized carbons (Fsp3) is 0.190. The molecule has 166 valence electrons. The van der Waals surface area contributed by atoms with E-state index in [1.807, 2.05) is 0 Å². The van der Waals surface area contributed by atoms with Gasteiger partial charge in [0.2, 0.25) is 0 Å². The number of non-ortho nitro benzene ring substituents is 1. The SMILES string of the molecule is COc1ccc(/C(C)=N/NC(=O)c2nn(Cc3ccc([N+](=O)[O-])cc3)cc2Br)c(OC)c1. The Morgan fingerprint density at radius 1 is 1.22 bits per heavy atom. The van der Waals surface area contributed by atoms with Crippen molar-refractivity contribution in [2.75, 3.05) is 14.2 Å². The van der Waals surface area contributed by atoms with E-state index in [9.17, 15) is 14.9 Å². The molecule has 0 fully saturated rings. The van der Waals surface area contributed by atoms with Gasteiger partial charge in [-0.15, -0.1) is 0 Å². The molecule has 0 radical (unpaired) electrons. The molecule has 0 unspecified atom stereocenters. The van der Waals surface area contributed by atoms with Crippen LogP contribution in [-0.4, -0.2) is 40.5 Å². The normalized spacial score (nSPS) is 11.2. The number of ether oxygens (including phenoxy) is 2. The summed E-state index contributed by atoms with van der Waals surface area (Å²) in [5.41, 5.74) is 4.72. The molecule has 0 aliphatic rings. The van der Waals surface area contributed by atoms with Crippen molar-refractivity contribution in [1.82, 2.24) is 15.2 Å². The summed E-state index contributed by atoms with van der Waals surface area (Å²) in [6, 6.07) is 11.4. The third-order valence-electron chi connectivity index (χ3n) is 4.55. The molecule has 1 aromatic heterocycles. The van der Waals surface area contributed by atoms with E-state index in [1.54, 1.807) is 62.4 Å². The van der Waals surface area contributed by atoms with E-state index >= 15 is 0 Å². The highest BCUT2D eigenvalue weighted by molar-refractivity contribution is 9.10. The first-order valence-electron chi connectivity index (χ1n) is 9.35. The highest BCUT2D eigenvalue weighted by Gasteiger charge is 2.16. The van der Waals surface area contributed by atoms with Gasteiger partial charge in [0.25, 0.3) is 11.6 Å². The van der Waals surface area contributed by atoms with Crippen LogP contribution in [0.15, 0.2) is 58.2 Å².